The Balaban J connectivity index is 2.18. The minimum atomic E-state index is -3.88. The fourth-order valence-electron chi connectivity index (χ4n) is 2.43. The molecular weight excluding hydrogens is 438 g/mol. The Kier molecular flexibility index (Phi) is 7.07. The smallest absolute Gasteiger partial charge is 0.243 e. The van der Waals surface area contributed by atoms with Gasteiger partial charge in [0, 0.05) is 31.9 Å². The van der Waals surface area contributed by atoms with Crippen molar-refractivity contribution in [3.63, 3.8) is 0 Å². The number of rotatable bonds is 7. The summed E-state index contributed by atoms with van der Waals surface area (Å²) in [6.45, 7) is 1.20. The van der Waals surface area contributed by atoms with Gasteiger partial charge in [0.05, 0.1) is 16.3 Å². The van der Waals surface area contributed by atoms with E-state index in [9.17, 15) is 21.6 Å². The highest BCUT2D eigenvalue weighted by atomic mass is 35.5. The normalized spacial score (nSPS) is 12.4. The number of carbonyl (C=O) groups is 1. The van der Waals surface area contributed by atoms with Gasteiger partial charge in [-0.1, -0.05) is 17.7 Å². The number of anilines is 1. The number of likely N-dealkylation sites (N-methyl/N-ethyl adjacent to an activating group) is 1. The van der Waals surface area contributed by atoms with Crippen LogP contribution in [-0.4, -0.2) is 59.0 Å². The van der Waals surface area contributed by atoms with Gasteiger partial charge in [-0.2, -0.15) is 4.31 Å². The molecule has 0 aromatic heterocycles. The van der Waals surface area contributed by atoms with E-state index in [4.69, 9.17) is 11.6 Å². The molecule has 0 saturated heterocycles. The fraction of sp³-hybridized carbons (Fsp3) is 0.278. The summed E-state index contributed by atoms with van der Waals surface area (Å²) in [6, 6.07) is 10.1. The van der Waals surface area contributed by atoms with Crippen molar-refractivity contribution in [2.45, 2.75) is 16.7 Å². The van der Waals surface area contributed by atoms with Crippen LogP contribution in [0.2, 0.25) is 5.02 Å². The summed E-state index contributed by atoms with van der Waals surface area (Å²) in [4.78, 5) is 12.4. The van der Waals surface area contributed by atoms with E-state index >= 15 is 0 Å². The molecule has 0 fully saturated rings. The molecule has 2 aromatic rings. The Hall–Kier alpha value is -1.98. The number of nitrogens with one attached hydrogen (secondary N) is 1. The highest BCUT2D eigenvalue weighted by molar-refractivity contribution is 7.89. The third-order valence-electron chi connectivity index (χ3n) is 4.12. The highest BCUT2D eigenvalue weighted by Crippen LogP contribution is 2.23. The number of amides is 1. The molecule has 2 rings (SSSR count). The number of aryl methyl sites for hydroxylation is 1. The molecule has 0 bridgehead atoms. The van der Waals surface area contributed by atoms with Crippen LogP contribution in [0.25, 0.3) is 0 Å². The lowest BCUT2D eigenvalue weighted by atomic mass is 10.2. The largest absolute Gasteiger partial charge is 0.325 e. The Morgan fingerprint density at radius 3 is 2.10 bits per heavy atom. The van der Waals surface area contributed by atoms with Crippen LogP contribution in [0.5, 0.6) is 0 Å². The zero-order valence-corrected chi connectivity index (χ0v) is 18.8. The van der Waals surface area contributed by atoms with Crippen LogP contribution in [0.1, 0.15) is 5.56 Å². The van der Waals surface area contributed by atoms with E-state index in [0.29, 0.717) is 10.6 Å². The van der Waals surface area contributed by atoms with E-state index in [2.05, 4.69) is 5.32 Å². The Labute approximate surface area is 176 Å². The first-order valence-corrected chi connectivity index (χ1v) is 11.7. The quantitative estimate of drug-likeness (QED) is 0.683. The predicted octanol–water partition coefficient (Wildman–Crippen LogP) is 2.16. The number of hydrogen-bond acceptors (Lipinski definition) is 5. The molecule has 8 nitrogen and oxygen atoms in total. The molecule has 1 amide bonds. The minimum absolute atomic E-state index is 0.00639. The second-order valence-corrected chi connectivity index (χ2v) is 11.1. The predicted molar refractivity (Wildman–Crippen MR) is 112 cm³/mol. The monoisotopic (exact) mass is 459 g/mol. The van der Waals surface area contributed by atoms with Gasteiger partial charge in [0.1, 0.15) is 0 Å². The standard InChI is InChI=1S/C18H22ClN3O5S2/c1-13-5-8-15(11-17(13)29(26,27)21(2)3)20-18(23)12-22(4)28(24,25)16-9-6-14(19)7-10-16/h5-11H,12H2,1-4H3,(H,20,23). The maximum atomic E-state index is 12.6. The SMILES string of the molecule is Cc1ccc(NC(=O)CN(C)S(=O)(=O)c2ccc(Cl)cc2)cc1S(=O)(=O)N(C)C. The zero-order valence-electron chi connectivity index (χ0n) is 16.4. The molecule has 0 aliphatic rings. The first-order valence-electron chi connectivity index (χ1n) is 8.40. The molecule has 0 aliphatic heterocycles. The van der Waals surface area contributed by atoms with E-state index in [-0.39, 0.29) is 15.5 Å². The van der Waals surface area contributed by atoms with Crippen LogP contribution in [-0.2, 0) is 24.8 Å². The second kappa shape index (κ2) is 8.80. The average Bonchev–Trinajstić information content (AvgIpc) is 2.63. The van der Waals surface area contributed by atoms with Crippen molar-refractivity contribution in [3.05, 3.63) is 53.1 Å². The summed E-state index contributed by atoms with van der Waals surface area (Å²) in [7, 11) is -3.46. The van der Waals surface area contributed by atoms with Gasteiger partial charge in [-0.15, -0.1) is 0 Å². The van der Waals surface area contributed by atoms with E-state index in [1.807, 2.05) is 0 Å². The molecule has 2 aromatic carbocycles. The Morgan fingerprint density at radius 2 is 1.55 bits per heavy atom. The van der Waals surface area contributed by atoms with Crippen molar-refractivity contribution in [1.29, 1.82) is 0 Å². The van der Waals surface area contributed by atoms with Crippen LogP contribution >= 0.6 is 11.6 Å². The molecule has 29 heavy (non-hydrogen) atoms. The number of benzene rings is 2. The lowest BCUT2D eigenvalue weighted by Gasteiger charge is -2.18. The molecule has 0 heterocycles. The van der Waals surface area contributed by atoms with E-state index < -0.39 is 32.5 Å². The van der Waals surface area contributed by atoms with Crippen molar-refractivity contribution < 1.29 is 21.6 Å². The second-order valence-electron chi connectivity index (χ2n) is 6.53. The average molecular weight is 460 g/mol. The van der Waals surface area contributed by atoms with Crippen LogP contribution in [0.3, 0.4) is 0 Å². The van der Waals surface area contributed by atoms with Gasteiger partial charge in [0.15, 0.2) is 0 Å². The van der Waals surface area contributed by atoms with E-state index in [1.165, 1.54) is 51.5 Å². The summed E-state index contributed by atoms with van der Waals surface area (Å²) >= 11 is 5.77. The first kappa shape index (κ1) is 23.3. The number of sulfonamides is 2. The molecule has 0 unspecified atom stereocenters. The number of halogens is 1. The van der Waals surface area contributed by atoms with Gasteiger partial charge in [-0.25, -0.2) is 21.1 Å². The molecule has 0 radical (unpaired) electrons. The number of carbonyl (C=O) groups excluding carboxylic acids is 1. The zero-order chi connectivity index (χ0) is 22.0. The van der Waals surface area contributed by atoms with Gasteiger partial charge in [0.2, 0.25) is 26.0 Å². The molecule has 0 atom stereocenters. The highest BCUT2D eigenvalue weighted by Gasteiger charge is 2.24. The maximum absolute atomic E-state index is 12.6. The van der Waals surface area contributed by atoms with Crippen LogP contribution < -0.4 is 5.32 Å². The summed E-state index contributed by atoms with van der Waals surface area (Å²) in [5.41, 5.74) is 0.775. The van der Waals surface area contributed by atoms with Crippen LogP contribution in [0.4, 0.5) is 5.69 Å². The molecular formula is C18H22ClN3O5S2. The van der Waals surface area contributed by atoms with Crippen LogP contribution in [0.15, 0.2) is 52.3 Å². The van der Waals surface area contributed by atoms with Crippen molar-refractivity contribution in [3.8, 4) is 0 Å². The third kappa shape index (κ3) is 5.34. The summed E-state index contributed by atoms with van der Waals surface area (Å²) < 4.78 is 51.9. The minimum Gasteiger partial charge on any atom is -0.325 e. The summed E-state index contributed by atoms with van der Waals surface area (Å²) in [5, 5.41) is 2.93. The molecule has 1 N–H and O–H groups in total. The Bertz CT molecular complexity index is 1110. The topological polar surface area (TPSA) is 104 Å². The number of nitrogens with zero attached hydrogens (tertiary/aromatic N) is 2. The van der Waals surface area contributed by atoms with Gasteiger partial charge in [-0.05, 0) is 48.9 Å². The molecule has 11 heteroatoms. The molecule has 0 saturated carbocycles. The lowest BCUT2D eigenvalue weighted by Crippen LogP contribution is -2.35. The molecule has 0 aliphatic carbocycles. The van der Waals surface area contributed by atoms with Gasteiger partial charge >= 0.3 is 0 Å². The lowest BCUT2D eigenvalue weighted by molar-refractivity contribution is -0.116. The first-order chi connectivity index (χ1) is 13.4. The molecule has 0 spiro atoms. The van der Waals surface area contributed by atoms with E-state index in [1.54, 1.807) is 19.1 Å². The number of hydrogen-bond donors (Lipinski definition) is 1. The summed E-state index contributed by atoms with van der Waals surface area (Å²) in [5.74, 6) is -0.609. The van der Waals surface area contributed by atoms with Gasteiger partial charge in [0.25, 0.3) is 0 Å². The Morgan fingerprint density at radius 1 is 0.966 bits per heavy atom. The fourth-order valence-corrected chi connectivity index (χ4v) is 4.82. The maximum Gasteiger partial charge on any atom is 0.243 e. The molecule has 158 valence electrons. The van der Waals surface area contributed by atoms with Crippen molar-refractivity contribution in [2.75, 3.05) is 33.0 Å². The van der Waals surface area contributed by atoms with Crippen molar-refractivity contribution in [1.82, 2.24) is 8.61 Å². The van der Waals surface area contributed by atoms with Gasteiger partial charge in [-0.3, -0.25) is 4.79 Å². The third-order valence-corrected chi connectivity index (χ3v) is 8.15. The van der Waals surface area contributed by atoms with E-state index in [0.717, 1.165) is 8.61 Å². The van der Waals surface area contributed by atoms with Gasteiger partial charge < -0.3 is 5.32 Å². The van der Waals surface area contributed by atoms with Crippen molar-refractivity contribution in [2.24, 2.45) is 0 Å². The van der Waals surface area contributed by atoms with Crippen molar-refractivity contribution >= 4 is 43.2 Å². The van der Waals surface area contributed by atoms with Crippen LogP contribution in [0, 0.1) is 6.92 Å². The summed E-state index contributed by atoms with van der Waals surface area (Å²) in [6.07, 6.45) is 0.